The molecule has 5 heteroatoms. The van der Waals surface area contributed by atoms with Gasteiger partial charge in [-0.2, -0.15) is 5.26 Å². The van der Waals surface area contributed by atoms with Gasteiger partial charge >= 0.3 is 0 Å². The fourth-order valence-electron chi connectivity index (χ4n) is 1.30. The van der Waals surface area contributed by atoms with Crippen molar-refractivity contribution in [2.24, 2.45) is 0 Å². The number of carbonyl (C=O) groups is 1. The van der Waals surface area contributed by atoms with Crippen LogP contribution in [0.3, 0.4) is 0 Å². The second kappa shape index (κ2) is 6.38. The van der Waals surface area contributed by atoms with E-state index in [9.17, 15) is 4.79 Å². The van der Waals surface area contributed by atoms with E-state index >= 15 is 0 Å². The normalized spacial score (nSPS) is 11.1. The van der Waals surface area contributed by atoms with Crippen molar-refractivity contribution in [3.8, 4) is 11.8 Å². The number of nitrogens with zero attached hydrogens (tertiary/aromatic N) is 1. The Kier molecular flexibility index (Phi) is 4.82. The summed E-state index contributed by atoms with van der Waals surface area (Å²) in [7, 11) is 3.14. The fraction of sp³-hybridized carbons (Fsp3) is 0.333. The van der Waals surface area contributed by atoms with E-state index in [0.717, 1.165) is 11.4 Å². The first-order valence-corrected chi connectivity index (χ1v) is 5.20. The van der Waals surface area contributed by atoms with Gasteiger partial charge in [0.15, 0.2) is 0 Å². The maximum atomic E-state index is 11.1. The summed E-state index contributed by atoms with van der Waals surface area (Å²) in [5, 5.41) is 14.4. The third-order valence-electron chi connectivity index (χ3n) is 2.26. The van der Waals surface area contributed by atoms with E-state index in [0.29, 0.717) is 0 Å². The lowest BCUT2D eigenvalue weighted by molar-refractivity contribution is -0.120. The Morgan fingerprint density at radius 2 is 2.12 bits per heavy atom. The van der Waals surface area contributed by atoms with Gasteiger partial charge in [-0.15, -0.1) is 0 Å². The zero-order valence-electron chi connectivity index (χ0n) is 9.86. The molecule has 0 aliphatic rings. The van der Waals surface area contributed by atoms with Crippen LogP contribution in [0.4, 0.5) is 5.69 Å². The van der Waals surface area contributed by atoms with Crippen LogP contribution in [0.1, 0.15) is 6.42 Å². The molecule has 90 valence electrons. The molecule has 5 nitrogen and oxygen atoms in total. The summed E-state index contributed by atoms with van der Waals surface area (Å²) in [5.41, 5.74) is 0.779. The Morgan fingerprint density at radius 1 is 1.47 bits per heavy atom. The molecular weight excluding hydrogens is 218 g/mol. The highest BCUT2D eigenvalue weighted by atomic mass is 16.5. The molecule has 0 saturated carbocycles. The van der Waals surface area contributed by atoms with Crippen LogP contribution < -0.4 is 15.4 Å². The number of amides is 1. The zero-order chi connectivity index (χ0) is 12.7. The van der Waals surface area contributed by atoms with Gasteiger partial charge in [0, 0.05) is 12.7 Å². The lowest BCUT2D eigenvalue weighted by atomic mass is 10.2. The average Bonchev–Trinajstić information content (AvgIpc) is 2.38. The second-order valence-corrected chi connectivity index (χ2v) is 3.43. The van der Waals surface area contributed by atoms with Gasteiger partial charge in [0.05, 0.1) is 19.6 Å². The molecule has 2 N–H and O–H groups in total. The molecule has 17 heavy (non-hydrogen) atoms. The van der Waals surface area contributed by atoms with Crippen LogP contribution in [-0.2, 0) is 4.79 Å². The molecule has 0 heterocycles. The number of nitrogens with one attached hydrogen (secondary N) is 2. The van der Waals surface area contributed by atoms with Crippen LogP contribution in [-0.4, -0.2) is 26.1 Å². The van der Waals surface area contributed by atoms with Gasteiger partial charge in [0.2, 0.25) is 5.91 Å². The summed E-state index contributed by atoms with van der Waals surface area (Å²) in [6.07, 6.45) is 0.124. The van der Waals surface area contributed by atoms with Crippen LogP contribution in [0.15, 0.2) is 24.3 Å². The van der Waals surface area contributed by atoms with Crippen molar-refractivity contribution in [1.82, 2.24) is 5.32 Å². The minimum absolute atomic E-state index is 0.124. The molecule has 1 aromatic carbocycles. The number of rotatable bonds is 5. The molecule has 0 aliphatic heterocycles. The molecule has 1 unspecified atom stereocenters. The number of hydrogen-bond donors (Lipinski definition) is 2. The first kappa shape index (κ1) is 12.8. The largest absolute Gasteiger partial charge is 0.497 e. The van der Waals surface area contributed by atoms with Crippen LogP contribution in [0, 0.1) is 11.3 Å². The number of hydrogen-bond acceptors (Lipinski definition) is 4. The van der Waals surface area contributed by atoms with Gasteiger partial charge in [0.25, 0.3) is 0 Å². The molecule has 1 rings (SSSR count). The molecule has 0 saturated heterocycles. The lowest BCUT2D eigenvalue weighted by Crippen LogP contribution is -2.27. The van der Waals surface area contributed by atoms with Gasteiger partial charge in [-0.05, 0) is 24.3 Å². The van der Waals surface area contributed by atoms with Gasteiger partial charge < -0.3 is 15.4 Å². The molecule has 0 fully saturated rings. The van der Waals surface area contributed by atoms with Crippen LogP contribution >= 0.6 is 0 Å². The number of methoxy groups -OCH3 is 1. The molecular formula is C12H15N3O2. The van der Waals surface area contributed by atoms with E-state index in [1.165, 1.54) is 0 Å². The summed E-state index contributed by atoms with van der Waals surface area (Å²) in [5.74, 6) is 0.577. The van der Waals surface area contributed by atoms with Crippen LogP contribution in [0.2, 0.25) is 0 Å². The monoisotopic (exact) mass is 233 g/mol. The molecule has 0 spiro atoms. The summed E-state index contributed by atoms with van der Waals surface area (Å²) in [4.78, 5) is 11.1. The van der Waals surface area contributed by atoms with E-state index in [1.54, 1.807) is 38.4 Å². The summed E-state index contributed by atoms with van der Waals surface area (Å²) in [6.45, 7) is 0. The van der Waals surface area contributed by atoms with E-state index in [1.807, 2.05) is 6.07 Å². The van der Waals surface area contributed by atoms with Crippen molar-refractivity contribution < 1.29 is 9.53 Å². The third kappa shape index (κ3) is 4.03. The molecule has 0 aromatic heterocycles. The highest BCUT2D eigenvalue weighted by Gasteiger charge is 2.11. The van der Waals surface area contributed by atoms with E-state index in [2.05, 4.69) is 10.6 Å². The van der Waals surface area contributed by atoms with Crippen molar-refractivity contribution in [3.05, 3.63) is 24.3 Å². The van der Waals surface area contributed by atoms with Gasteiger partial charge in [-0.25, -0.2) is 0 Å². The van der Waals surface area contributed by atoms with Gasteiger partial charge in [-0.3, -0.25) is 4.79 Å². The Bertz CT molecular complexity index is 409. The van der Waals surface area contributed by atoms with Crippen molar-refractivity contribution in [1.29, 1.82) is 5.26 Å². The van der Waals surface area contributed by atoms with E-state index < -0.39 is 6.04 Å². The van der Waals surface area contributed by atoms with Crippen molar-refractivity contribution in [2.45, 2.75) is 12.5 Å². The van der Waals surface area contributed by atoms with Crippen LogP contribution in [0.25, 0.3) is 0 Å². The predicted molar refractivity (Wildman–Crippen MR) is 64.7 cm³/mol. The molecule has 1 aromatic rings. The Labute approximate surface area is 100 Å². The Balaban J connectivity index is 2.61. The molecule has 1 atom stereocenters. The van der Waals surface area contributed by atoms with Crippen LogP contribution in [0.5, 0.6) is 5.75 Å². The lowest BCUT2D eigenvalue weighted by Gasteiger charge is -2.12. The average molecular weight is 233 g/mol. The quantitative estimate of drug-likeness (QED) is 0.799. The zero-order valence-corrected chi connectivity index (χ0v) is 9.86. The fourth-order valence-corrected chi connectivity index (χ4v) is 1.30. The number of anilines is 1. The molecule has 0 bridgehead atoms. The standard InChI is InChI=1S/C12H15N3O2/c1-14-12(16)7-10(8-13)15-9-3-5-11(17-2)6-4-9/h3-6,10,15H,7H2,1-2H3,(H,14,16). The SMILES string of the molecule is CNC(=O)CC(C#N)Nc1ccc(OC)cc1. The minimum atomic E-state index is -0.539. The number of carbonyl (C=O) groups excluding carboxylic acids is 1. The van der Waals surface area contributed by atoms with Crippen molar-refractivity contribution in [2.75, 3.05) is 19.5 Å². The summed E-state index contributed by atoms with van der Waals surface area (Å²) < 4.78 is 5.03. The van der Waals surface area contributed by atoms with E-state index in [4.69, 9.17) is 10.00 Å². The topological polar surface area (TPSA) is 74.2 Å². The molecule has 0 radical (unpaired) electrons. The predicted octanol–water partition coefficient (Wildman–Crippen LogP) is 1.14. The summed E-state index contributed by atoms with van der Waals surface area (Å²) in [6, 6.07) is 8.68. The van der Waals surface area contributed by atoms with Gasteiger partial charge in [-0.1, -0.05) is 0 Å². The second-order valence-electron chi connectivity index (χ2n) is 3.43. The van der Waals surface area contributed by atoms with Gasteiger partial charge in [0.1, 0.15) is 11.8 Å². The first-order valence-electron chi connectivity index (χ1n) is 5.20. The number of nitriles is 1. The molecule has 0 aliphatic carbocycles. The Hall–Kier alpha value is -2.22. The van der Waals surface area contributed by atoms with E-state index in [-0.39, 0.29) is 12.3 Å². The first-order chi connectivity index (χ1) is 8.19. The highest BCUT2D eigenvalue weighted by molar-refractivity contribution is 5.77. The molecule has 1 amide bonds. The summed E-state index contributed by atoms with van der Waals surface area (Å²) >= 11 is 0. The third-order valence-corrected chi connectivity index (χ3v) is 2.26. The number of ether oxygens (including phenoxy) is 1. The van der Waals surface area contributed by atoms with Crippen molar-refractivity contribution in [3.63, 3.8) is 0 Å². The highest BCUT2D eigenvalue weighted by Crippen LogP contribution is 2.16. The maximum Gasteiger partial charge on any atom is 0.222 e. The smallest absolute Gasteiger partial charge is 0.222 e. The minimum Gasteiger partial charge on any atom is -0.497 e. The number of benzene rings is 1. The van der Waals surface area contributed by atoms with Crippen molar-refractivity contribution >= 4 is 11.6 Å². The Morgan fingerprint density at radius 3 is 2.59 bits per heavy atom. The maximum absolute atomic E-state index is 11.1.